The average molecular weight is 270 g/mol. The molecule has 0 fully saturated rings. The summed E-state index contributed by atoms with van der Waals surface area (Å²) in [6.07, 6.45) is 0.830. The predicted molar refractivity (Wildman–Crippen MR) is 75.7 cm³/mol. The van der Waals surface area contributed by atoms with Gasteiger partial charge in [-0.25, -0.2) is 8.42 Å². The van der Waals surface area contributed by atoms with E-state index in [4.69, 9.17) is 5.73 Å². The second-order valence-corrected chi connectivity index (χ2v) is 6.81. The Balaban J connectivity index is 3.02. The molecule has 2 N–H and O–H groups in total. The Morgan fingerprint density at radius 1 is 1.33 bits per heavy atom. The molecule has 0 aliphatic heterocycles. The summed E-state index contributed by atoms with van der Waals surface area (Å²) in [5, 5.41) is 0. The molecule has 18 heavy (non-hydrogen) atoms. The average Bonchev–Trinajstić information content (AvgIpc) is 2.36. The highest BCUT2D eigenvalue weighted by Crippen LogP contribution is 2.25. The Morgan fingerprint density at radius 2 is 1.94 bits per heavy atom. The summed E-state index contributed by atoms with van der Waals surface area (Å²) in [6, 6.07) is 7.22. The fourth-order valence-corrected chi connectivity index (χ4v) is 2.85. The SMILES string of the molecule is CCS(=O)(=O)c1ccccc1N(C)CCC(C)N. The molecule has 0 heterocycles. The van der Waals surface area contributed by atoms with Gasteiger partial charge in [-0.3, -0.25) is 0 Å². The highest BCUT2D eigenvalue weighted by molar-refractivity contribution is 7.91. The highest BCUT2D eigenvalue weighted by atomic mass is 32.2. The minimum Gasteiger partial charge on any atom is -0.373 e. The normalized spacial score (nSPS) is 13.3. The van der Waals surface area contributed by atoms with Crippen molar-refractivity contribution >= 4 is 15.5 Å². The molecule has 4 nitrogen and oxygen atoms in total. The van der Waals surface area contributed by atoms with Crippen molar-refractivity contribution in [3.8, 4) is 0 Å². The monoisotopic (exact) mass is 270 g/mol. The number of rotatable bonds is 6. The molecule has 1 aromatic rings. The van der Waals surface area contributed by atoms with Gasteiger partial charge in [-0.05, 0) is 25.5 Å². The molecular weight excluding hydrogens is 248 g/mol. The fraction of sp³-hybridized carbons (Fsp3) is 0.538. The van der Waals surface area contributed by atoms with E-state index in [0.717, 1.165) is 18.7 Å². The van der Waals surface area contributed by atoms with Crippen LogP contribution in [0.3, 0.4) is 0 Å². The summed E-state index contributed by atoms with van der Waals surface area (Å²) in [5.41, 5.74) is 6.47. The van der Waals surface area contributed by atoms with Gasteiger partial charge in [0.15, 0.2) is 9.84 Å². The molecule has 0 saturated heterocycles. The zero-order chi connectivity index (χ0) is 13.8. The Bertz CT molecular complexity index is 484. The van der Waals surface area contributed by atoms with Crippen LogP contribution in [0.1, 0.15) is 20.3 Å². The fourth-order valence-electron chi connectivity index (χ4n) is 1.71. The van der Waals surface area contributed by atoms with Crippen LogP contribution in [0.25, 0.3) is 0 Å². The summed E-state index contributed by atoms with van der Waals surface area (Å²) in [6.45, 7) is 4.35. The number of hydrogen-bond acceptors (Lipinski definition) is 4. The van der Waals surface area contributed by atoms with Crippen LogP contribution in [0.15, 0.2) is 29.2 Å². The molecule has 1 atom stereocenters. The van der Waals surface area contributed by atoms with E-state index in [1.54, 1.807) is 19.1 Å². The smallest absolute Gasteiger partial charge is 0.180 e. The summed E-state index contributed by atoms with van der Waals surface area (Å²) in [5.74, 6) is 0.116. The van der Waals surface area contributed by atoms with Crippen molar-refractivity contribution in [3.63, 3.8) is 0 Å². The van der Waals surface area contributed by atoms with Gasteiger partial charge in [-0.1, -0.05) is 19.1 Å². The van der Waals surface area contributed by atoms with E-state index >= 15 is 0 Å². The summed E-state index contributed by atoms with van der Waals surface area (Å²) in [7, 11) is -1.29. The largest absolute Gasteiger partial charge is 0.373 e. The zero-order valence-electron chi connectivity index (χ0n) is 11.3. The van der Waals surface area contributed by atoms with E-state index in [9.17, 15) is 8.42 Å². The molecule has 0 saturated carbocycles. The quantitative estimate of drug-likeness (QED) is 0.854. The van der Waals surface area contributed by atoms with Crippen LogP contribution in [0.5, 0.6) is 0 Å². The lowest BCUT2D eigenvalue weighted by Gasteiger charge is -2.23. The van der Waals surface area contributed by atoms with Gasteiger partial charge in [0.1, 0.15) is 0 Å². The first-order valence-electron chi connectivity index (χ1n) is 6.17. The van der Waals surface area contributed by atoms with Crippen LogP contribution in [0.2, 0.25) is 0 Å². The number of anilines is 1. The summed E-state index contributed by atoms with van der Waals surface area (Å²) >= 11 is 0. The number of hydrogen-bond donors (Lipinski definition) is 1. The molecular formula is C13H22N2O2S. The molecule has 0 spiro atoms. The third-order valence-corrected chi connectivity index (χ3v) is 4.69. The molecule has 5 heteroatoms. The Hall–Kier alpha value is -1.07. The van der Waals surface area contributed by atoms with Crippen molar-refractivity contribution in [1.29, 1.82) is 0 Å². The van der Waals surface area contributed by atoms with Gasteiger partial charge in [-0.2, -0.15) is 0 Å². The maximum absolute atomic E-state index is 12.0. The summed E-state index contributed by atoms with van der Waals surface area (Å²) < 4.78 is 24.0. The van der Waals surface area contributed by atoms with Gasteiger partial charge >= 0.3 is 0 Å². The van der Waals surface area contributed by atoms with E-state index in [1.807, 2.05) is 31.0 Å². The van der Waals surface area contributed by atoms with Gasteiger partial charge in [-0.15, -0.1) is 0 Å². The molecule has 0 aliphatic rings. The number of sulfone groups is 1. The van der Waals surface area contributed by atoms with Crippen LogP contribution < -0.4 is 10.6 Å². The minimum absolute atomic E-state index is 0.113. The molecule has 102 valence electrons. The van der Waals surface area contributed by atoms with Crippen molar-refractivity contribution in [3.05, 3.63) is 24.3 Å². The van der Waals surface area contributed by atoms with Gasteiger partial charge in [0.05, 0.1) is 16.3 Å². The molecule has 0 amide bonds. The molecule has 1 aromatic carbocycles. The van der Waals surface area contributed by atoms with Crippen LogP contribution >= 0.6 is 0 Å². The number of benzene rings is 1. The maximum atomic E-state index is 12.0. The highest BCUT2D eigenvalue weighted by Gasteiger charge is 2.18. The number of nitrogens with zero attached hydrogens (tertiary/aromatic N) is 1. The summed E-state index contributed by atoms with van der Waals surface area (Å²) in [4.78, 5) is 2.35. The van der Waals surface area contributed by atoms with E-state index in [2.05, 4.69) is 0 Å². The standard InChI is InChI=1S/C13H22N2O2S/c1-4-18(16,17)13-8-6-5-7-12(13)15(3)10-9-11(2)14/h5-8,11H,4,9-10,14H2,1-3H3. The predicted octanol–water partition coefficient (Wildman–Crippen LogP) is 1.65. The molecule has 0 radical (unpaired) electrons. The van der Waals surface area contributed by atoms with Gasteiger partial charge in [0, 0.05) is 19.6 Å². The topological polar surface area (TPSA) is 63.4 Å². The van der Waals surface area contributed by atoms with E-state index in [1.165, 1.54) is 0 Å². The van der Waals surface area contributed by atoms with Gasteiger partial charge < -0.3 is 10.6 Å². The van der Waals surface area contributed by atoms with Crippen LogP contribution in [-0.4, -0.2) is 33.8 Å². The number of para-hydroxylation sites is 1. The lowest BCUT2D eigenvalue weighted by atomic mass is 10.2. The minimum atomic E-state index is -3.19. The Kier molecular flexibility index (Phi) is 5.16. The lowest BCUT2D eigenvalue weighted by molar-refractivity contribution is 0.596. The third kappa shape index (κ3) is 3.71. The van der Waals surface area contributed by atoms with Crippen molar-refractivity contribution in [1.82, 2.24) is 0 Å². The van der Waals surface area contributed by atoms with Crippen LogP contribution in [0, 0.1) is 0 Å². The van der Waals surface area contributed by atoms with E-state index in [0.29, 0.717) is 4.90 Å². The molecule has 1 rings (SSSR count). The maximum Gasteiger partial charge on any atom is 0.180 e. The van der Waals surface area contributed by atoms with Crippen molar-refractivity contribution in [2.45, 2.75) is 31.2 Å². The van der Waals surface area contributed by atoms with Gasteiger partial charge in [0.2, 0.25) is 0 Å². The Labute approximate surface area is 110 Å². The van der Waals surface area contributed by atoms with Crippen molar-refractivity contribution in [2.24, 2.45) is 5.73 Å². The first-order chi connectivity index (χ1) is 8.38. The second-order valence-electron chi connectivity index (χ2n) is 4.56. The van der Waals surface area contributed by atoms with E-state index < -0.39 is 9.84 Å². The van der Waals surface area contributed by atoms with Crippen LogP contribution in [0.4, 0.5) is 5.69 Å². The van der Waals surface area contributed by atoms with Gasteiger partial charge in [0.25, 0.3) is 0 Å². The third-order valence-electron chi connectivity index (χ3n) is 2.91. The Morgan fingerprint density at radius 3 is 2.50 bits per heavy atom. The van der Waals surface area contributed by atoms with Crippen molar-refractivity contribution in [2.75, 3.05) is 24.2 Å². The second kappa shape index (κ2) is 6.20. The molecule has 0 aromatic heterocycles. The van der Waals surface area contributed by atoms with Crippen LogP contribution in [-0.2, 0) is 9.84 Å². The molecule has 1 unspecified atom stereocenters. The molecule has 0 bridgehead atoms. The van der Waals surface area contributed by atoms with Crippen molar-refractivity contribution < 1.29 is 8.42 Å². The zero-order valence-corrected chi connectivity index (χ0v) is 12.1. The first kappa shape index (κ1) is 15.0. The van der Waals surface area contributed by atoms with E-state index in [-0.39, 0.29) is 11.8 Å². The number of nitrogens with two attached hydrogens (primary N) is 1. The first-order valence-corrected chi connectivity index (χ1v) is 7.82. The molecule has 0 aliphatic carbocycles. The lowest BCUT2D eigenvalue weighted by Crippen LogP contribution is -2.27.